The number of ether oxygens (including phenoxy) is 1. The maximum atomic E-state index is 11.8. The van der Waals surface area contributed by atoms with Crippen LogP contribution in [0.2, 0.25) is 0 Å². The average molecular weight is 316 g/mol. The van der Waals surface area contributed by atoms with Crippen LogP contribution < -0.4 is 10.1 Å². The fraction of sp³-hybridized carbons (Fsp3) is 0.294. The Kier molecular flexibility index (Phi) is 6.77. The molecular weight excluding hydrogens is 296 g/mol. The number of nitrogens with one attached hydrogen (secondary N) is 1. The molecule has 0 saturated heterocycles. The summed E-state index contributed by atoms with van der Waals surface area (Å²) in [5, 5.41) is 2.89. The molecule has 4 nitrogen and oxygen atoms in total. The minimum atomic E-state index is -0.0588. The van der Waals surface area contributed by atoms with E-state index in [9.17, 15) is 4.79 Å². The molecule has 0 unspecified atom stereocenters. The maximum Gasteiger partial charge on any atom is 0.230 e. The molecule has 116 valence electrons. The molecule has 0 spiro atoms. The number of nitrogens with zero attached hydrogens (tertiary/aromatic N) is 1. The van der Waals surface area contributed by atoms with Crippen LogP contribution in [0, 0.1) is 0 Å². The van der Waals surface area contributed by atoms with Crippen LogP contribution in [0.25, 0.3) is 0 Å². The van der Waals surface area contributed by atoms with Crippen LogP contribution in [0.5, 0.6) is 5.75 Å². The number of thioether (sulfide) groups is 1. The van der Waals surface area contributed by atoms with Gasteiger partial charge in [0.15, 0.2) is 0 Å². The lowest BCUT2D eigenvalue weighted by Gasteiger charge is -2.15. The minimum absolute atomic E-state index is 0.0302. The van der Waals surface area contributed by atoms with Crippen molar-refractivity contribution in [2.45, 2.75) is 18.8 Å². The number of hydrogen-bond acceptors (Lipinski definition) is 4. The highest BCUT2D eigenvalue weighted by Crippen LogP contribution is 2.11. The second-order valence-corrected chi connectivity index (χ2v) is 5.88. The van der Waals surface area contributed by atoms with Crippen LogP contribution in [0.3, 0.4) is 0 Å². The van der Waals surface area contributed by atoms with Gasteiger partial charge in [-0.05, 0) is 36.8 Å². The van der Waals surface area contributed by atoms with Crippen molar-refractivity contribution in [2.75, 3.05) is 12.3 Å². The van der Waals surface area contributed by atoms with Gasteiger partial charge in [0.2, 0.25) is 5.91 Å². The van der Waals surface area contributed by atoms with Gasteiger partial charge in [0.05, 0.1) is 12.3 Å². The number of aromatic nitrogens is 1. The topological polar surface area (TPSA) is 51.2 Å². The van der Waals surface area contributed by atoms with E-state index in [1.807, 2.05) is 49.4 Å². The van der Waals surface area contributed by atoms with E-state index in [0.29, 0.717) is 12.3 Å². The van der Waals surface area contributed by atoms with E-state index >= 15 is 0 Å². The Labute approximate surface area is 135 Å². The highest BCUT2D eigenvalue weighted by Gasteiger charge is 2.07. The SMILES string of the molecule is C[C@H](CNC(=O)CSCc1ccncc1)Oc1ccccc1. The second kappa shape index (κ2) is 9.10. The van der Waals surface area contributed by atoms with E-state index in [1.165, 1.54) is 5.56 Å². The number of para-hydroxylation sites is 1. The monoisotopic (exact) mass is 316 g/mol. The third kappa shape index (κ3) is 6.18. The van der Waals surface area contributed by atoms with Crippen LogP contribution in [-0.4, -0.2) is 29.3 Å². The van der Waals surface area contributed by atoms with Gasteiger partial charge in [0.1, 0.15) is 11.9 Å². The van der Waals surface area contributed by atoms with E-state index in [1.54, 1.807) is 24.2 Å². The summed E-state index contributed by atoms with van der Waals surface area (Å²) in [5.41, 5.74) is 1.17. The maximum absolute atomic E-state index is 11.8. The molecule has 2 aromatic rings. The first-order valence-corrected chi connectivity index (χ1v) is 8.34. The zero-order valence-corrected chi connectivity index (χ0v) is 13.4. The Morgan fingerprint density at radius 3 is 2.68 bits per heavy atom. The fourth-order valence-electron chi connectivity index (χ4n) is 1.82. The molecule has 0 aliphatic carbocycles. The highest BCUT2D eigenvalue weighted by molar-refractivity contribution is 7.99. The molecule has 0 bridgehead atoms. The van der Waals surface area contributed by atoms with E-state index < -0.39 is 0 Å². The summed E-state index contributed by atoms with van der Waals surface area (Å²) < 4.78 is 5.71. The van der Waals surface area contributed by atoms with Crippen LogP contribution >= 0.6 is 11.8 Å². The summed E-state index contributed by atoms with van der Waals surface area (Å²) >= 11 is 1.59. The lowest BCUT2D eigenvalue weighted by molar-refractivity contribution is -0.118. The largest absolute Gasteiger partial charge is 0.489 e. The lowest BCUT2D eigenvalue weighted by Crippen LogP contribution is -2.34. The first-order chi connectivity index (χ1) is 10.7. The van der Waals surface area contributed by atoms with Crippen molar-refractivity contribution < 1.29 is 9.53 Å². The predicted molar refractivity (Wildman–Crippen MR) is 89.9 cm³/mol. The molecule has 0 aliphatic rings. The van der Waals surface area contributed by atoms with Crippen molar-refractivity contribution in [3.63, 3.8) is 0 Å². The summed E-state index contributed by atoms with van der Waals surface area (Å²) in [6.45, 7) is 2.45. The molecule has 1 aromatic heterocycles. The third-order valence-electron chi connectivity index (χ3n) is 2.92. The summed E-state index contributed by atoms with van der Waals surface area (Å²) in [4.78, 5) is 15.8. The van der Waals surface area contributed by atoms with Gasteiger partial charge in [-0.15, -0.1) is 11.8 Å². The Morgan fingerprint density at radius 1 is 1.23 bits per heavy atom. The number of pyridine rings is 1. The first kappa shape index (κ1) is 16.4. The molecule has 2 rings (SSSR count). The van der Waals surface area contributed by atoms with Gasteiger partial charge < -0.3 is 10.1 Å². The Bertz CT molecular complexity index is 563. The molecule has 0 saturated carbocycles. The molecule has 1 amide bonds. The highest BCUT2D eigenvalue weighted by atomic mass is 32.2. The van der Waals surface area contributed by atoms with Gasteiger partial charge in [0.25, 0.3) is 0 Å². The first-order valence-electron chi connectivity index (χ1n) is 7.19. The molecule has 0 aliphatic heterocycles. The third-order valence-corrected chi connectivity index (χ3v) is 3.92. The molecular formula is C17H20N2O2S. The summed E-state index contributed by atoms with van der Waals surface area (Å²) in [7, 11) is 0. The number of carbonyl (C=O) groups is 1. The molecule has 5 heteroatoms. The molecule has 1 atom stereocenters. The van der Waals surface area contributed by atoms with E-state index in [2.05, 4.69) is 10.3 Å². The second-order valence-electron chi connectivity index (χ2n) is 4.89. The molecule has 1 aromatic carbocycles. The fourth-order valence-corrected chi connectivity index (χ4v) is 2.64. The van der Waals surface area contributed by atoms with E-state index in [-0.39, 0.29) is 12.0 Å². The van der Waals surface area contributed by atoms with Crippen LogP contribution in [0.15, 0.2) is 54.9 Å². The van der Waals surface area contributed by atoms with Crippen molar-refractivity contribution in [3.8, 4) is 5.75 Å². The average Bonchev–Trinajstić information content (AvgIpc) is 2.55. The number of hydrogen-bond donors (Lipinski definition) is 1. The van der Waals surface area contributed by atoms with Crippen molar-refractivity contribution in [1.29, 1.82) is 0 Å². The number of benzene rings is 1. The van der Waals surface area contributed by atoms with Gasteiger partial charge in [-0.25, -0.2) is 0 Å². The number of amides is 1. The van der Waals surface area contributed by atoms with Crippen molar-refractivity contribution >= 4 is 17.7 Å². The van der Waals surface area contributed by atoms with Gasteiger partial charge >= 0.3 is 0 Å². The summed E-state index contributed by atoms with van der Waals surface area (Å²) in [5.74, 6) is 2.10. The smallest absolute Gasteiger partial charge is 0.230 e. The molecule has 0 radical (unpaired) electrons. The van der Waals surface area contributed by atoms with E-state index in [4.69, 9.17) is 4.74 Å². The number of carbonyl (C=O) groups excluding carboxylic acids is 1. The van der Waals surface area contributed by atoms with Gasteiger partial charge in [-0.2, -0.15) is 0 Å². The van der Waals surface area contributed by atoms with Crippen LogP contribution in [-0.2, 0) is 10.5 Å². The standard InChI is InChI=1S/C17H20N2O2S/c1-14(21-16-5-3-2-4-6-16)11-19-17(20)13-22-12-15-7-9-18-10-8-15/h2-10,14H,11-13H2,1H3,(H,19,20)/t14-/m1/s1. The van der Waals surface area contributed by atoms with Gasteiger partial charge in [-0.1, -0.05) is 18.2 Å². The minimum Gasteiger partial charge on any atom is -0.489 e. The molecule has 22 heavy (non-hydrogen) atoms. The quantitative estimate of drug-likeness (QED) is 0.813. The zero-order valence-electron chi connectivity index (χ0n) is 12.6. The van der Waals surface area contributed by atoms with Crippen LogP contribution in [0.4, 0.5) is 0 Å². The normalized spacial score (nSPS) is 11.7. The Morgan fingerprint density at radius 2 is 1.95 bits per heavy atom. The van der Waals surface area contributed by atoms with Gasteiger partial charge in [0, 0.05) is 18.1 Å². The summed E-state index contributed by atoms with van der Waals surface area (Å²) in [6, 6.07) is 13.5. The van der Waals surface area contributed by atoms with E-state index in [0.717, 1.165) is 11.5 Å². The van der Waals surface area contributed by atoms with Crippen LogP contribution in [0.1, 0.15) is 12.5 Å². The molecule has 0 fully saturated rings. The molecule has 1 heterocycles. The Hall–Kier alpha value is -2.01. The summed E-state index contributed by atoms with van der Waals surface area (Å²) in [6.07, 6.45) is 3.47. The predicted octanol–water partition coefficient (Wildman–Crippen LogP) is 2.90. The molecule has 1 N–H and O–H groups in total. The van der Waals surface area contributed by atoms with Crippen molar-refractivity contribution in [2.24, 2.45) is 0 Å². The lowest BCUT2D eigenvalue weighted by atomic mass is 10.3. The zero-order chi connectivity index (χ0) is 15.6. The Balaban J connectivity index is 1.61. The van der Waals surface area contributed by atoms with Gasteiger partial charge in [-0.3, -0.25) is 9.78 Å². The number of rotatable bonds is 8. The van der Waals surface area contributed by atoms with Crippen molar-refractivity contribution in [3.05, 3.63) is 60.4 Å². The van der Waals surface area contributed by atoms with Crippen molar-refractivity contribution in [1.82, 2.24) is 10.3 Å².